The molecular formula is C17H11BrF4N2O2. The van der Waals surface area contributed by atoms with Crippen LogP contribution in [0.5, 0.6) is 0 Å². The smallest absolute Gasteiger partial charge is 0.362 e. The molecule has 4 nitrogen and oxygen atoms in total. The van der Waals surface area contributed by atoms with Crippen molar-refractivity contribution in [3.8, 4) is 0 Å². The van der Waals surface area contributed by atoms with Crippen molar-refractivity contribution in [2.75, 3.05) is 0 Å². The van der Waals surface area contributed by atoms with Gasteiger partial charge in [0.2, 0.25) is 0 Å². The molecule has 0 aromatic heterocycles. The molecule has 0 spiro atoms. The molecule has 1 amide bonds. The fourth-order valence-electron chi connectivity index (χ4n) is 2.52. The summed E-state index contributed by atoms with van der Waals surface area (Å²) in [7, 11) is 0. The molecule has 1 aliphatic rings. The molecule has 0 bridgehead atoms. The van der Waals surface area contributed by atoms with Crippen molar-refractivity contribution in [3.05, 3.63) is 69.9 Å². The van der Waals surface area contributed by atoms with Gasteiger partial charge in [-0.05, 0) is 42.0 Å². The van der Waals surface area contributed by atoms with Crippen molar-refractivity contribution in [1.29, 1.82) is 0 Å². The summed E-state index contributed by atoms with van der Waals surface area (Å²) in [5, 5.41) is 14.0. The van der Waals surface area contributed by atoms with Crippen LogP contribution in [0.15, 0.2) is 58.1 Å². The number of hydrogen-bond acceptors (Lipinski definition) is 3. The average Bonchev–Trinajstić information content (AvgIpc) is 2.94. The van der Waals surface area contributed by atoms with E-state index >= 15 is 0 Å². The summed E-state index contributed by atoms with van der Waals surface area (Å²) in [6, 6.07) is 10.3. The van der Waals surface area contributed by atoms with Crippen molar-refractivity contribution in [1.82, 2.24) is 5.01 Å². The number of alkyl halides is 3. The first-order valence-electron chi connectivity index (χ1n) is 7.34. The first-order valence-corrected chi connectivity index (χ1v) is 8.14. The molecule has 2 aromatic rings. The maximum Gasteiger partial charge on any atom is 0.438 e. The lowest BCUT2D eigenvalue weighted by Gasteiger charge is -2.32. The lowest BCUT2D eigenvalue weighted by atomic mass is 10.0. The van der Waals surface area contributed by atoms with E-state index in [0.29, 0.717) is 10.0 Å². The molecule has 1 atom stereocenters. The first kappa shape index (κ1) is 18.5. The normalized spacial score (nSPS) is 20.2. The standard InChI is InChI=1S/C17H11BrF4N2O2/c18-12-3-1-2-11(8-12)14-9-16(26,17(20,21)22)24(23-14)15(25)10-4-6-13(19)7-5-10/h1-8,26H,9H2. The number of benzene rings is 2. The third-order valence-corrected chi connectivity index (χ3v) is 4.37. The molecule has 0 aliphatic carbocycles. The number of amides is 1. The van der Waals surface area contributed by atoms with Crippen molar-refractivity contribution in [2.45, 2.75) is 18.3 Å². The Hall–Kier alpha value is -2.26. The van der Waals surface area contributed by atoms with E-state index in [1.54, 1.807) is 12.1 Å². The summed E-state index contributed by atoms with van der Waals surface area (Å²) in [5.74, 6) is -1.83. The highest BCUT2D eigenvalue weighted by atomic mass is 79.9. The van der Waals surface area contributed by atoms with Crippen molar-refractivity contribution in [2.24, 2.45) is 5.10 Å². The van der Waals surface area contributed by atoms with E-state index in [2.05, 4.69) is 21.0 Å². The second kappa shape index (κ2) is 6.48. The summed E-state index contributed by atoms with van der Waals surface area (Å²) in [5.41, 5.74) is -3.48. The topological polar surface area (TPSA) is 52.9 Å². The monoisotopic (exact) mass is 430 g/mol. The van der Waals surface area contributed by atoms with E-state index in [1.807, 2.05) is 0 Å². The Morgan fingerprint density at radius 2 is 1.85 bits per heavy atom. The molecule has 1 N–H and O–H groups in total. The van der Waals surface area contributed by atoms with Crippen LogP contribution < -0.4 is 0 Å². The van der Waals surface area contributed by atoms with E-state index < -0.39 is 30.0 Å². The number of carbonyl (C=O) groups excluding carboxylic acids is 1. The van der Waals surface area contributed by atoms with Crippen LogP contribution in [0.2, 0.25) is 0 Å². The first-order chi connectivity index (χ1) is 12.1. The molecule has 1 unspecified atom stereocenters. The number of carbonyl (C=O) groups is 1. The van der Waals surface area contributed by atoms with Crippen LogP contribution in [0, 0.1) is 5.82 Å². The minimum Gasteiger partial charge on any atom is -0.362 e. The van der Waals surface area contributed by atoms with Crippen LogP contribution >= 0.6 is 15.9 Å². The molecule has 136 valence electrons. The van der Waals surface area contributed by atoms with Gasteiger partial charge in [-0.15, -0.1) is 0 Å². The minimum absolute atomic E-state index is 0.0104. The molecule has 0 fully saturated rings. The zero-order valence-corrected chi connectivity index (χ0v) is 14.6. The van der Waals surface area contributed by atoms with Gasteiger partial charge < -0.3 is 5.11 Å². The lowest BCUT2D eigenvalue weighted by molar-refractivity contribution is -0.297. The Kier molecular flexibility index (Phi) is 4.61. The second-order valence-electron chi connectivity index (χ2n) is 5.67. The summed E-state index contributed by atoms with van der Waals surface area (Å²) < 4.78 is 54.2. The summed E-state index contributed by atoms with van der Waals surface area (Å²) >= 11 is 3.21. The average molecular weight is 431 g/mol. The number of aliphatic hydroxyl groups is 1. The Bertz CT molecular complexity index is 883. The number of nitrogens with zero attached hydrogens (tertiary/aromatic N) is 2. The summed E-state index contributed by atoms with van der Waals surface area (Å²) in [4.78, 5) is 12.5. The zero-order chi connectivity index (χ0) is 19.1. The predicted molar refractivity (Wildman–Crippen MR) is 88.9 cm³/mol. The molecule has 2 aromatic carbocycles. The fourth-order valence-corrected chi connectivity index (χ4v) is 2.92. The maximum atomic E-state index is 13.5. The van der Waals surface area contributed by atoms with E-state index in [1.165, 1.54) is 12.1 Å². The minimum atomic E-state index is -5.14. The lowest BCUT2D eigenvalue weighted by Crippen LogP contribution is -2.56. The highest BCUT2D eigenvalue weighted by molar-refractivity contribution is 9.10. The number of hydrazone groups is 1. The van der Waals surface area contributed by atoms with Crippen LogP contribution in [0.25, 0.3) is 0 Å². The highest BCUT2D eigenvalue weighted by Crippen LogP contribution is 2.42. The SMILES string of the molecule is O=C(c1ccc(F)cc1)N1N=C(c2cccc(Br)c2)CC1(O)C(F)(F)F. The van der Waals surface area contributed by atoms with Gasteiger partial charge >= 0.3 is 6.18 Å². The summed E-state index contributed by atoms with van der Waals surface area (Å²) in [6.07, 6.45) is -6.06. The highest BCUT2D eigenvalue weighted by Gasteiger charge is 2.63. The van der Waals surface area contributed by atoms with Gasteiger partial charge in [0.1, 0.15) is 5.82 Å². The number of halogens is 5. The van der Waals surface area contributed by atoms with Gasteiger partial charge in [0, 0.05) is 10.0 Å². The second-order valence-corrected chi connectivity index (χ2v) is 6.59. The zero-order valence-electron chi connectivity index (χ0n) is 13.0. The third kappa shape index (κ3) is 3.24. The van der Waals surface area contributed by atoms with Crippen LogP contribution in [0.3, 0.4) is 0 Å². The molecule has 0 saturated carbocycles. The molecule has 9 heteroatoms. The predicted octanol–water partition coefficient (Wildman–Crippen LogP) is 4.09. The Balaban J connectivity index is 2.05. The van der Waals surface area contributed by atoms with E-state index in [4.69, 9.17) is 0 Å². The van der Waals surface area contributed by atoms with E-state index in [9.17, 15) is 27.5 Å². The van der Waals surface area contributed by atoms with Crippen LogP contribution in [0.1, 0.15) is 22.3 Å². The van der Waals surface area contributed by atoms with Gasteiger partial charge in [0.25, 0.3) is 11.6 Å². The molecule has 0 radical (unpaired) electrons. The molecule has 1 heterocycles. The van der Waals surface area contributed by atoms with Gasteiger partial charge in [-0.1, -0.05) is 28.1 Å². The van der Waals surface area contributed by atoms with Crippen LogP contribution in [-0.4, -0.2) is 33.6 Å². The van der Waals surface area contributed by atoms with E-state index in [-0.39, 0.29) is 16.3 Å². The Morgan fingerprint density at radius 3 is 2.42 bits per heavy atom. The molecule has 0 saturated heterocycles. The molecule has 3 rings (SSSR count). The number of rotatable bonds is 2. The quantitative estimate of drug-likeness (QED) is 0.729. The van der Waals surface area contributed by atoms with Crippen LogP contribution in [-0.2, 0) is 0 Å². The van der Waals surface area contributed by atoms with E-state index in [0.717, 1.165) is 24.3 Å². The molecule has 1 aliphatic heterocycles. The number of hydrogen-bond donors (Lipinski definition) is 1. The van der Waals surface area contributed by atoms with Gasteiger partial charge in [0.05, 0.1) is 12.1 Å². The largest absolute Gasteiger partial charge is 0.438 e. The van der Waals surface area contributed by atoms with Gasteiger partial charge in [0.15, 0.2) is 0 Å². The van der Waals surface area contributed by atoms with Gasteiger partial charge in [-0.2, -0.15) is 23.3 Å². The fraction of sp³-hybridized carbons (Fsp3) is 0.176. The van der Waals surface area contributed by atoms with Crippen molar-refractivity contribution in [3.63, 3.8) is 0 Å². The molecular weight excluding hydrogens is 420 g/mol. The Morgan fingerprint density at radius 1 is 1.19 bits per heavy atom. The van der Waals surface area contributed by atoms with Crippen molar-refractivity contribution >= 4 is 27.5 Å². The van der Waals surface area contributed by atoms with Gasteiger partial charge in [-0.3, -0.25) is 4.79 Å². The Labute approximate surface area is 153 Å². The van der Waals surface area contributed by atoms with Crippen molar-refractivity contribution < 1.29 is 27.5 Å². The maximum absolute atomic E-state index is 13.5. The third-order valence-electron chi connectivity index (χ3n) is 3.88. The molecule has 26 heavy (non-hydrogen) atoms. The van der Waals surface area contributed by atoms with Crippen LogP contribution in [0.4, 0.5) is 17.6 Å². The van der Waals surface area contributed by atoms with Gasteiger partial charge in [-0.25, -0.2) is 4.39 Å². The summed E-state index contributed by atoms with van der Waals surface area (Å²) in [6.45, 7) is 0.